The zero-order valence-corrected chi connectivity index (χ0v) is 20.5. The third-order valence-corrected chi connectivity index (χ3v) is 6.50. The predicted octanol–water partition coefficient (Wildman–Crippen LogP) is 5.84. The van der Waals surface area contributed by atoms with Gasteiger partial charge in [0.25, 0.3) is 5.91 Å². The van der Waals surface area contributed by atoms with Gasteiger partial charge in [-0.1, -0.05) is 29.3 Å². The number of aryl methyl sites for hydroxylation is 4. The summed E-state index contributed by atoms with van der Waals surface area (Å²) in [5, 5.41) is 14.0. The van der Waals surface area contributed by atoms with Gasteiger partial charge in [-0.3, -0.25) is 4.79 Å². The fourth-order valence-corrected chi connectivity index (χ4v) is 4.52. The van der Waals surface area contributed by atoms with E-state index in [4.69, 9.17) is 22.1 Å². The molecule has 4 rings (SSSR count). The molecule has 34 heavy (non-hydrogen) atoms. The Morgan fingerprint density at radius 3 is 2.47 bits per heavy atom. The molecule has 1 aliphatic heterocycles. The molecule has 0 bridgehead atoms. The molecular formula is C27H25ClN4O2. The number of anilines is 1. The Hall–Kier alpha value is -3.82. The van der Waals surface area contributed by atoms with Crippen molar-refractivity contribution in [1.29, 1.82) is 5.26 Å². The number of benzene rings is 2. The molecule has 0 spiro atoms. The number of fused-ring (bicyclic) bond motifs is 1. The summed E-state index contributed by atoms with van der Waals surface area (Å²) in [6, 6.07) is 13.7. The lowest BCUT2D eigenvalue weighted by molar-refractivity contribution is -0.113. The minimum atomic E-state index is -0.824. The van der Waals surface area contributed by atoms with E-state index in [0.29, 0.717) is 17.0 Å². The molecule has 1 atom stereocenters. The lowest BCUT2D eigenvalue weighted by Gasteiger charge is -2.28. The van der Waals surface area contributed by atoms with Crippen molar-refractivity contribution in [2.75, 3.05) is 5.32 Å². The molecule has 0 fully saturated rings. The Bertz CT molecular complexity index is 1460. The first-order chi connectivity index (χ1) is 16.1. The van der Waals surface area contributed by atoms with Crippen molar-refractivity contribution in [1.82, 2.24) is 4.98 Å². The molecule has 6 nitrogen and oxygen atoms in total. The zero-order valence-electron chi connectivity index (χ0n) is 19.7. The molecule has 0 aliphatic carbocycles. The molecule has 3 N–H and O–H groups in total. The van der Waals surface area contributed by atoms with Crippen LogP contribution in [0, 0.1) is 39.0 Å². The summed E-state index contributed by atoms with van der Waals surface area (Å²) >= 11 is 6.64. The largest absolute Gasteiger partial charge is 0.445 e. The maximum atomic E-state index is 13.6. The highest BCUT2D eigenvalue weighted by Gasteiger charge is 2.37. The standard InChI is InChI=1S/C27H25ClN4O2/c1-13-6-7-21(16(4)8-13)32-27(33)23-17(5)34-26(30)20(12-29)24(23)19-11-18-9-14(2)15(3)10-22(18)31-25(19)28/h6-11,24H,30H2,1-5H3,(H,32,33). The van der Waals surface area contributed by atoms with Gasteiger partial charge in [-0.25, -0.2) is 4.98 Å². The van der Waals surface area contributed by atoms with Crippen LogP contribution >= 0.6 is 11.6 Å². The number of allylic oxidation sites excluding steroid dienone is 2. The molecule has 7 heteroatoms. The first-order valence-corrected chi connectivity index (χ1v) is 11.2. The highest BCUT2D eigenvalue weighted by atomic mass is 35.5. The van der Waals surface area contributed by atoms with Gasteiger partial charge in [0.2, 0.25) is 5.88 Å². The van der Waals surface area contributed by atoms with Crippen LogP contribution in [0.2, 0.25) is 5.15 Å². The summed E-state index contributed by atoms with van der Waals surface area (Å²) in [6.45, 7) is 9.59. The second-order valence-corrected chi connectivity index (χ2v) is 9.02. The van der Waals surface area contributed by atoms with E-state index in [1.54, 1.807) is 6.92 Å². The van der Waals surface area contributed by atoms with Gasteiger partial charge < -0.3 is 15.8 Å². The Kier molecular flexibility index (Phi) is 6.07. The summed E-state index contributed by atoms with van der Waals surface area (Å²) in [4.78, 5) is 18.1. The number of ether oxygens (including phenoxy) is 1. The number of nitriles is 1. The van der Waals surface area contributed by atoms with E-state index in [0.717, 1.165) is 33.2 Å². The van der Waals surface area contributed by atoms with Crippen molar-refractivity contribution < 1.29 is 9.53 Å². The van der Waals surface area contributed by atoms with E-state index in [1.165, 1.54) is 0 Å². The van der Waals surface area contributed by atoms with Gasteiger partial charge >= 0.3 is 0 Å². The summed E-state index contributed by atoms with van der Waals surface area (Å²) in [5.74, 6) is -0.967. The Morgan fingerprint density at radius 2 is 1.79 bits per heavy atom. The number of halogens is 1. The SMILES string of the molecule is CC1=C(C(=O)Nc2ccc(C)cc2C)C(c2cc3cc(C)c(C)cc3nc2Cl)C(C#N)=C(N)O1. The summed E-state index contributed by atoms with van der Waals surface area (Å²) in [6.07, 6.45) is 0. The molecule has 0 saturated heterocycles. The first-order valence-electron chi connectivity index (χ1n) is 10.8. The highest BCUT2D eigenvalue weighted by Crippen LogP contribution is 2.42. The van der Waals surface area contributed by atoms with Crippen LogP contribution in [0.4, 0.5) is 5.69 Å². The average Bonchev–Trinajstić information content (AvgIpc) is 2.76. The smallest absolute Gasteiger partial charge is 0.256 e. The van der Waals surface area contributed by atoms with Crippen LogP contribution in [0.3, 0.4) is 0 Å². The topological polar surface area (TPSA) is 101 Å². The van der Waals surface area contributed by atoms with Gasteiger partial charge in [-0.2, -0.15) is 5.26 Å². The average molecular weight is 473 g/mol. The number of rotatable bonds is 3. The molecule has 3 aromatic rings. The van der Waals surface area contributed by atoms with Crippen LogP contribution in [0.15, 0.2) is 59.2 Å². The van der Waals surface area contributed by atoms with Crippen LogP contribution in [0.1, 0.15) is 40.7 Å². The van der Waals surface area contributed by atoms with E-state index in [1.807, 2.05) is 64.1 Å². The molecule has 1 aromatic heterocycles. The molecule has 1 amide bonds. The van der Waals surface area contributed by atoms with E-state index in [9.17, 15) is 10.1 Å². The third-order valence-electron chi connectivity index (χ3n) is 6.20. The number of aromatic nitrogens is 1. The van der Waals surface area contributed by atoms with E-state index in [2.05, 4.69) is 16.4 Å². The highest BCUT2D eigenvalue weighted by molar-refractivity contribution is 6.31. The van der Waals surface area contributed by atoms with Crippen molar-refractivity contribution >= 4 is 34.1 Å². The number of nitrogens with zero attached hydrogens (tertiary/aromatic N) is 2. The van der Waals surface area contributed by atoms with Crippen LogP contribution in [-0.2, 0) is 9.53 Å². The number of hydrogen-bond donors (Lipinski definition) is 2. The Morgan fingerprint density at radius 1 is 1.09 bits per heavy atom. The minimum Gasteiger partial charge on any atom is -0.445 e. The van der Waals surface area contributed by atoms with Crippen LogP contribution in [-0.4, -0.2) is 10.9 Å². The molecule has 1 unspecified atom stereocenters. The number of amides is 1. The lowest BCUT2D eigenvalue weighted by Crippen LogP contribution is -2.28. The molecular weight excluding hydrogens is 448 g/mol. The van der Waals surface area contributed by atoms with E-state index < -0.39 is 11.8 Å². The second-order valence-electron chi connectivity index (χ2n) is 8.66. The second kappa shape index (κ2) is 8.85. The molecule has 0 saturated carbocycles. The third kappa shape index (κ3) is 4.11. The number of carbonyl (C=O) groups excluding carboxylic acids is 1. The van der Waals surface area contributed by atoms with Crippen LogP contribution in [0.5, 0.6) is 0 Å². The lowest BCUT2D eigenvalue weighted by atomic mass is 9.82. The Balaban J connectivity index is 1.87. The molecule has 0 radical (unpaired) electrons. The summed E-state index contributed by atoms with van der Waals surface area (Å²) < 4.78 is 5.61. The minimum absolute atomic E-state index is 0.0516. The van der Waals surface area contributed by atoms with E-state index >= 15 is 0 Å². The Labute approximate surface area is 203 Å². The maximum absolute atomic E-state index is 13.6. The first kappa shape index (κ1) is 23.3. The van der Waals surface area contributed by atoms with Crippen LogP contribution < -0.4 is 11.1 Å². The van der Waals surface area contributed by atoms with Gasteiger partial charge in [-0.15, -0.1) is 0 Å². The van der Waals surface area contributed by atoms with Gasteiger partial charge in [0.1, 0.15) is 22.6 Å². The van der Waals surface area contributed by atoms with Gasteiger partial charge in [0.15, 0.2) is 0 Å². The summed E-state index contributed by atoms with van der Waals surface area (Å²) in [5.41, 5.74) is 12.6. The number of hydrogen-bond acceptors (Lipinski definition) is 5. The van der Waals surface area contributed by atoms with Crippen LogP contribution in [0.25, 0.3) is 10.9 Å². The van der Waals surface area contributed by atoms with Gasteiger partial charge in [0, 0.05) is 16.6 Å². The fraction of sp³-hybridized carbons (Fsp3) is 0.222. The maximum Gasteiger partial charge on any atom is 0.256 e. The quantitative estimate of drug-likeness (QED) is 0.466. The molecule has 2 aromatic carbocycles. The fourth-order valence-electron chi connectivity index (χ4n) is 4.27. The van der Waals surface area contributed by atoms with Gasteiger partial charge in [-0.05, 0) is 75.6 Å². The normalized spacial score (nSPS) is 15.9. The van der Waals surface area contributed by atoms with Crippen molar-refractivity contribution in [3.63, 3.8) is 0 Å². The van der Waals surface area contributed by atoms with Crippen molar-refractivity contribution in [3.8, 4) is 6.07 Å². The summed E-state index contributed by atoms with van der Waals surface area (Å²) in [7, 11) is 0. The number of pyridine rings is 1. The number of carbonyl (C=O) groups is 1. The molecule has 2 heterocycles. The molecule has 1 aliphatic rings. The number of nitrogens with one attached hydrogen (secondary N) is 1. The predicted molar refractivity (Wildman–Crippen MR) is 134 cm³/mol. The molecule has 172 valence electrons. The number of nitrogens with two attached hydrogens (primary N) is 1. The zero-order chi connectivity index (χ0) is 24.7. The monoisotopic (exact) mass is 472 g/mol. The van der Waals surface area contributed by atoms with Gasteiger partial charge in [0.05, 0.1) is 17.0 Å². The van der Waals surface area contributed by atoms with Crippen molar-refractivity contribution in [2.24, 2.45) is 5.73 Å². The van der Waals surface area contributed by atoms with Crippen molar-refractivity contribution in [2.45, 2.75) is 40.5 Å². The van der Waals surface area contributed by atoms with Crippen molar-refractivity contribution in [3.05, 3.63) is 92.2 Å². The van der Waals surface area contributed by atoms with E-state index in [-0.39, 0.29) is 22.2 Å².